The maximum Gasteiger partial charge on any atom is 0.0880 e. The van der Waals surface area contributed by atoms with Crippen LogP contribution in [-0.2, 0) is 0 Å². The van der Waals surface area contributed by atoms with Crippen LogP contribution in [0, 0.1) is 0 Å². The molecule has 0 rings (SSSR count). The topological polar surface area (TPSA) is 0 Å². The third-order valence-corrected chi connectivity index (χ3v) is 3.41. The maximum atomic E-state index is 3.52. The number of halogens is 2. The summed E-state index contributed by atoms with van der Waals surface area (Å²) >= 11 is 3.52. The van der Waals surface area contributed by atoms with E-state index in [0.29, 0.717) is 0 Å². The Labute approximate surface area is 117 Å². The molecule has 0 saturated heterocycles. The van der Waals surface area contributed by atoms with Crippen LogP contribution >= 0.6 is 15.9 Å². The van der Waals surface area contributed by atoms with Crippen LogP contribution in [0.1, 0.15) is 51.9 Å². The molecular weight excluding hydrogens is 286 g/mol. The van der Waals surface area contributed by atoms with Gasteiger partial charge in [0, 0.05) is 0 Å². The molecule has 100 valence electrons. The van der Waals surface area contributed by atoms with Gasteiger partial charge < -0.3 is 16.9 Å². The average Bonchev–Trinajstić information content (AvgIpc) is 2.16. The van der Waals surface area contributed by atoms with Crippen LogP contribution in [0.25, 0.3) is 0 Å². The zero-order chi connectivity index (χ0) is 11.6. The first-order valence-corrected chi connectivity index (χ1v) is 7.62. The van der Waals surface area contributed by atoms with Crippen molar-refractivity contribution in [2.45, 2.75) is 51.9 Å². The summed E-state index contributed by atoms with van der Waals surface area (Å²) in [5.41, 5.74) is 0. The molecule has 0 radical (unpaired) electrons. The largest absolute Gasteiger partial charge is 1.00 e. The van der Waals surface area contributed by atoms with Gasteiger partial charge in [-0.1, -0.05) is 55.0 Å². The molecule has 0 heterocycles. The third kappa shape index (κ3) is 12.8. The summed E-state index contributed by atoms with van der Waals surface area (Å²) in [6, 6.07) is 0. The van der Waals surface area contributed by atoms with Gasteiger partial charge in [0.25, 0.3) is 0 Å². The van der Waals surface area contributed by atoms with Gasteiger partial charge in [-0.15, -0.1) is 0 Å². The number of rotatable bonds is 10. The summed E-state index contributed by atoms with van der Waals surface area (Å²) in [5, 5.41) is 1.12. The maximum absolute atomic E-state index is 3.52. The van der Waals surface area contributed by atoms with Gasteiger partial charge in [-0.2, -0.15) is 0 Å². The lowest BCUT2D eigenvalue weighted by Gasteiger charge is -2.29. The Balaban J connectivity index is 0. The average molecular weight is 315 g/mol. The SMILES string of the molecule is CCCCCCCCC[N+](C)(C)CCBr.[Cl-]. The van der Waals surface area contributed by atoms with Crippen molar-refractivity contribution in [3.8, 4) is 0 Å². The predicted octanol–water partition coefficient (Wildman–Crippen LogP) is 1.21. The van der Waals surface area contributed by atoms with Crippen LogP contribution in [0.2, 0.25) is 0 Å². The van der Waals surface area contributed by atoms with Gasteiger partial charge in [0.1, 0.15) is 0 Å². The molecule has 0 unspecified atom stereocenters. The second-order valence-corrected chi connectivity index (χ2v) is 5.99. The Kier molecular flexibility index (Phi) is 14.5. The Bertz CT molecular complexity index is 140. The molecule has 1 nitrogen and oxygen atoms in total. The molecule has 3 heteroatoms. The molecule has 0 aromatic carbocycles. The van der Waals surface area contributed by atoms with E-state index in [1.807, 2.05) is 0 Å². The molecule has 0 saturated carbocycles. The minimum atomic E-state index is 0. The fourth-order valence-corrected chi connectivity index (χ4v) is 2.80. The summed E-state index contributed by atoms with van der Waals surface area (Å²) in [7, 11) is 4.66. The predicted molar refractivity (Wildman–Crippen MR) is 73.6 cm³/mol. The second kappa shape index (κ2) is 12.2. The van der Waals surface area contributed by atoms with Crippen LogP contribution in [0.4, 0.5) is 0 Å². The molecule has 0 fully saturated rings. The lowest BCUT2D eigenvalue weighted by Crippen LogP contribution is -3.00. The van der Waals surface area contributed by atoms with Crippen molar-refractivity contribution in [3.63, 3.8) is 0 Å². The Morgan fingerprint density at radius 2 is 1.31 bits per heavy atom. The van der Waals surface area contributed by atoms with Crippen LogP contribution in [0.5, 0.6) is 0 Å². The highest BCUT2D eigenvalue weighted by Gasteiger charge is 2.12. The molecule has 16 heavy (non-hydrogen) atoms. The molecule has 0 aliphatic heterocycles. The fourth-order valence-electron chi connectivity index (χ4n) is 1.84. The first-order valence-electron chi connectivity index (χ1n) is 6.50. The van der Waals surface area contributed by atoms with Crippen molar-refractivity contribution in [1.82, 2.24) is 0 Å². The van der Waals surface area contributed by atoms with E-state index in [0.717, 1.165) is 5.33 Å². The van der Waals surface area contributed by atoms with Gasteiger partial charge >= 0.3 is 0 Å². The Hall–Kier alpha value is 0.730. The van der Waals surface area contributed by atoms with Gasteiger partial charge in [-0.05, 0) is 12.8 Å². The van der Waals surface area contributed by atoms with E-state index >= 15 is 0 Å². The molecule has 0 aromatic rings. The lowest BCUT2D eigenvalue weighted by atomic mass is 10.1. The van der Waals surface area contributed by atoms with Crippen LogP contribution in [-0.4, -0.2) is 37.0 Å². The number of hydrogen-bond donors (Lipinski definition) is 0. The molecule has 0 spiro atoms. The minimum Gasteiger partial charge on any atom is -1.00 e. The summed E-state index contributed by atoms with van der Waals surface area (Å²) in [6.45, 7) is 4.86. The zero-order valence-corrected chi connectivity index (χ0v) is 13.6. The van der Waals surface area contributed by atoms with Crippen LogP contribution < -0.4 is 12.4 Å². The van der Waals surface area contributed by atoms with Crippen molar-refractivity contribution in [2.24, 2.45) is 0 Å². The lowest BCUT2D eigenvalue weighted by molar-refractivity contribution is -0.887. The molecule has 0 amide bonds. The monoisotopic (exact) mass is 313 g/mol. The highest BCUT2D eigenvalue weighted by Crippen LogP contribution is 2.09. The molecule has 0 aliphatic carbocycles. The smallest absolute Gasteiger partial charge is 0.0880 e. The van der Waals surface area contributed by atoms with Crippen molar-refractivity contribution < 1.29 is 16.9 Å². The van der Waals surface area contributed by atoms with Gasteiger partial charge in [0.15, 0.2) is 0 Å². The molecule has 0 aromatic heterocycles. The summed E-state index contributed by atoms with van der Waals surface area (Å²) < 4.78 is 1.17. The Morgan fingerprint density at radius 1 is 0.812 bits per heavy atom. The zero-order valence-electron chi connectivity index (χ0n) is 11.3. The van der Waals surface area contributed by atoms with Crippen LogP contribution in [0.3, 0.4) is 0 Å². The fraction of sp³-hybridized carbons (Fsp3) is 1.00. The molecule has 0 atom stereocenters. The number of quaternary nitrogens is 1. The molecule has 0 bridgehead atoms. The number of unbranched alkanes of at least 4 members (excludes halogenated alkanes) is 6. The van der Waals surface area contributed by atoms with Crippen molar-refractivity contribution >= 4 is 15.9 Å². The van der Waals surface area contributed by atoms with Gasteiger partial charge in [-0.3, -0.25) is 0 Å². The second-order valence-electron chi connectivity index (χ2n) is 5.19. The summed E-state index contributed by atoms with van der Waals surface area (Å²) in [5.74, 6) is 0. The van der Waals surface area contributed by atoms with E-state index in [1.165, 1.54) is 62.5 Å². The molecular formula is C13H29BrClN. The molecule has 0 N–H and O–H groups in total. The standard InChI is InChI=1S/C13H29BrN.ClH/c1-4-5-6-7-8-9-10-12-15(2,3)13-11-14;/h4-13H2,1-3H3;1H/q+1;/p-1. The normalized spacial score (nSPS) is 11.2. The van der Waals surface area contributed by atoms with E-state index in [1.54, 1.807) is 0 Å². The van der Waals surface area contributed by atoms with Crippen molar-refractivity contribution in [3.05, 3.63) is 0 Å². The Morgan fingerprint density at radius 3 is 1.81 bits per heavy atom. The highest BCUT2D eigenvalue weighted by molar-refractivity contribution is 9.09. The quantitative estimate of drug-likeness (QED) is 0.323. The van der Waals surface area contributed by atoms with Crippen LogP contribution in [0.15, 0.2) is 0 Å². The van der Waals surface area contributed by atoms with Gasteiger partial charge in [0.05, 0.1) is 32.5 Å². The van der Waals surface area contributed by atoms with E-state index in [2.05, 4.69) is 36.9 Å². The third-order valence-electron chi connectivity index (χ3n) is 3.06. The molecule has 0 aliphatic rings. The summed E-state index contributed by atoms with van der Waals surface area (Å²) in [6.07, 6.45) is 9.92. The van der Waals surface area contributed by atoms with Crippen molar-refractivity contribution in [2.75, 3.05) is 32.5 Å². The van der Waals surface area contributed by atoms with E-state index in [-0.39, 0.29) is 12.4 Å². The number of alkyl halides is 1. The van der Waals surface area contributed by atoms with Gasteiger partial charge in [-0.25, -0.2) is 0 Å². The number of nitrogens with zero attached hydrogens (tertiary/aromatic N) is 1. The van der Waals surface area contributed by atoms with Gasteiger partial charge in [0.2, 0.25) is 0 Å². The minimum absolute atomic E-state index is 0. The number of hydrogen-bond acceptors (Lipinski definition) is 0. The van der Waals surface area contributed by atoms with E-state index in [9.17, 15) is 0 Å². The van der Waals surface area contributed by atoms with E-state index in [4.69, 9.17) is 0 Å². The first-order chi connectivity index (χ1) is 7.12. The summed E-state index contributed by atoms with van der Waals surface area (Å²) in [4.78, 5) is 0. The highest BCUT2D eigenvalue weighted by atomic mass is 79.9. The van der Waals surface area contributed by atoms with E-state index < -0.39 is 0 Å². The first kappa shape index (κ1) is 19.1. The van der Waals surface area contributed by atoms with Crippen molar-refractivity contribution in [1.29, 1.82) is 0 Å².